The Hall–Kier alpha value is -0.240. The van der Waals surface area contributed by atoms with Gasteiger partial charge in [-0.1, -0.05) is 56.0 Å². The summed E-state index contributed by atoms with van der Waals surface area (Å²) in [5, 5.41) is 5.17. The Morgan fingerprint density at radius 3 is 2.38 bits per heavy atom. The van der Waals surface area contributed by atoms with E-state index in [-0.39, 0.29) is 6.04 Å². The van der Waals surface area contributed by atoms with Crippen LogP contribution in [0.15, 0.2) is 18.2 Å². The van der Waals surface area contributed by atoms with Crippen LogP contribution < -0.4 is 5.32 Å². The van der Waals surface area contributed by atoms with Crippen molar-refractivity contribution in [1.29, 1.82) is 0 Å². The van der Waals surface area contributed by atoms with Gasteiger partial charge in [0.2, 0.25) is 0 Å². The molecule has 1 saturated carbocycles. The Morgan fingerprint density at radius 2 is 1.81 bits per heavy atom. The minimum Gasteiger partial charge on any atom is -0.310 e. The van der Waals surface area contributed by atoms with Gasteiger partial charge in [0.15, 0.2) is 0 Å². The lowest BCUT2D eigenvalue weighted by Gasteiger charge is -2.33. The molecule has 0 spiro atoms. The first-order valence-corrected chi connectivity index (χ1v) is 8.86. The van der Waals surface area contributed by atoms with Gasteiger partial charge in [-0.2, -0.15) is 0 Å². The van der Waals surface area contributed by atoms with Crippen LogP contribution in [0.5, 0.6) is 0 Å². The standard InChI is InChI=1S/C18H27Cl2N/c1-13(2)11-18(8-4-5-9-18)12-21-14(3)16-7-6-15(19)10-17(16)20/h6-7,10,13-14,21H,4-5,8-9,11-12H2,1-3H3. The summed E-state index contributed by atoms with van der Waals surface area (Å²) in [6, 6.07) is 6.04. The Morgan fingerprint density at radius 1 is 1.14 bits per heavy atom. The van der Waals surface area contributed by atoms with E-state index in [1.807, 2.05) is 18.2 Å². The molecule has 0 radical (unpaired) electrons. The van der Waals surface area contributed by atoms with Crippen molar-refractivity contribution in [3.8, 4) is 0 Å². The van der Waals surface area contributed by atoms with Crippen molar-refractivity contribution < 1.29 is 0 Å². The second-order valence-electron chi connectivity index (χ2n) is 7.07. The maximum atomic E-state index is 6.31. The van der Waals surface area contributed by atoms with Crippen molar-refractivity contribution in [2.75, 3.05) is 6.54 Å². The van der Waals surface area contributed by atoms with Crippen LogP contribution in [0, 0.1) is 11.3 Å². The molecule has 0 aliphatic heterocycles. The Bertz CT molecular complexity index is 464. The number of benzene rings is 1. The fourth-order valence-electron chi connectivity index (χ4n) is 3.78. The molecule has 0 saturated heterocycles. The molecule has 1 aliphatic rings. The maximum absolute atomic E-state index is 6.31. The minimum absolute atomic E-state index is 0.263. The zero-order valence-corrected chi connectivity index (χ0v) is 14.9. The molecular formula is C18H27Cl2N. The second kappa shape index (κ2) is 7.35. The van der Waals surface area contributed by atoms with Crippen LogP contribution in [0.4, 0.5) is 0 Å². The van der Waals surface area contributed by atoms with E-state index in [0.717, 1.165) is 23.0 Å². The third-order valence-electron chi connectivity index (χ3n) is 4.72. The lowest BCUT2D eigenvalue weighted by atomic mass is 9.78. The van der Waals surface area contributed by atoms with E-state index in [1.165, 1.54) is 32.1 Å². The Balaban J connectivity index is 2.00. The average molecular weight is 328 g/mol. The third kappa shape index (κ3) is 4.61. The van der Waals surface area contributed by atoms with Gasteiger partial charge < -0.3 is 5.32 Å². The first kappa shape index (κ1) is 17.1. The summed E-state index contributed by atoms with van der Waals surface area (Å²) >= 11 is 12.3. The first-order valence-electron chi connectivity index (χ1n) is 8.10. The summed E-state index contributed by atoms with van der Waals surface area (Å²) in [6.07, 6.45) is 6.80. The summed E-state index contributed by atoms with van der Waals surface area (Å²) in [6.45, 7) is 7.94. The summed E-state index contributed by atoms with van der Waals surface area (Å²) in [5.41, 5.74) is 1.63. The molecule has 0 bridgehead atoms. The first-order chi connectivity index (χ1) is 9.92. The molecule has 1 N–H and O–H groups in total. The normalized spacial score (nSPS) is 19.1. The summed E-state index contributed by atoms with van der Waals surface area (Å²) in [7, 11) is 0. The van der Waals surface area contributed by atoms with Crippen molar-refractivity contribution in [2.24, 2.45) is 11.3 Å². The highest BCUT2D eigenvalue weighted by Gasteiger charge is 2.34. The van der Waals surface area contributed by atoms with Crippen LogP contribution in [0.3, 0.4) is 0 Å². The van der Waals surface area contributed by atoms with Crippen molar-refractivity contribution >= 4 is 23.2 Å². The average Bonchev–Trinajstić information content (AvgIpc) is 2.84. The van der Waals surface area contributed by atoms with Crippen LogP contribution >= 0.6 is 23.2 Å². The van der Waals surface area contributed by atoms with Gasteiger partial charge in [-0.15, -0.1) is 0 Å². The van der Waals surface area contributed by atoms with Gasteiger partial charge >= 0.3 is 0 Å². The summed E-state index contributed by atoms with van der Waals surface area (Å²) in [5.74, 6) is 0.763. The number of nitrogens with one attached hydrogen (secondary N) is 1. The van der Waals surface area contributed by atoms with Gasteiger partial charge in [0, 0.05) is 22.6 Å². The van der Waals surface area contributed by atoms with Crippen LogP contribution in [-0.2, 0) is 0 Å². The number of hydrogen-bond donors (Lipinski definition) is 1. The van der Waals surface area contributed by atoms with Crippen LogP contribution in [0.2, 0.25) is 10.0 Å². The van der Waals surface area contributed by atoms with Gasteiger partial charge in [0.05, 0.1) is 0 Å². The van der Waals surface area contributed by atoms with Gasteiger partial charge in [-0.05, 0) is 55.2 Å². The van der Waals surface area contributed by atoms with Crippen molar-refractivity contribution in [1.82, 2.24) is 5.32 Å². The molecule has 3 heteroatoms. The van der Waals surface area contributed by atoms with Crippen LogP contribution in [0.1, 0.15) is 64.5 Å². The molecule has 1 nitrogen and oxygen atoms in total. The van der Waals surface area contributed by atoms with Gasteiger partial charge in [0.1, 0.15) is 0 Å². The van der Waals surface area contributed by atoms with Crippen LogP contribution in [-0.4, -0.2) is 6.54 Å². The fraction of sp³-hybridized carbons (Fsp3) is 0.667. The van der Waals surface area contributed by atoms with E-state index in [2.05, 4.69) is 26.1 Å². The molecule has 1 aromatic carbocycles. The van der Waals surface area contributed by atoms with E-state index in [1.54, 1.807) is 0 Å². The molecule has 118 valence electrons. The van der Waals surface area contributed by atoms with E-state index >= 15 is 0 Å². The second-order valence-corrected chi connectivity index (χ2v) is 7.92. The zero-order valence-electron chi connectivity index (χ0n) is 13.4. The Labute approximate surface area is 139 Å². The molecule has 21 heavy (non-hydrogen) atoms. The van der Waals surface area contributed by atoms with E-state index < -0.39 is 0 Å². The van der Waals surface area contributed by atoms with E-state index in [9.17, 15) is 0 Å². The molecular weight excluding hydrogens is 301 g/mol. The number of rotatable bonds is 6. The zero-order chi connectivity index (χ0) is 15.5. The van der Waals surface area contributed by atoms with Crippen molar-refractivity contribution in [3.05, 3.63) is 33.8 Å². The highest BCUT2D eigenvalue weighted by Crippen LogP contribution is 2.43. The number of hydrogen-bond acceptors (Lipinski definition) is 1. The van der Waals surface area contributed by atoms with E-state index in [0.29, 0.717) is 10.4 Å². The largest absolute Gasteiger partial charge is 0.310 e. The lowest BCUT2D eigenvalue weighted by Crippen LogP contribution is -2.34. The number of halogens is 2. The SMILES string of the molecule is CC(C)CC1(CNC(C)c2ccc(Cl)cc2Cl)CCCC1. The summed E-state index contributed by atoms with van der Waals surface area (Å²) < 4.78 is 0. The molecule has 1 aliphatic carbocycles. The van der Waals surface area contributed by atoms with E-state index in [4.69, 9.17) is 23.2 Å². The molecule has 2 rings (SSSR count). The molecule has 0 aromatic heterocycles. The molecule has 0 amide bonds. The molecule has 1 aromatic rings. The summed E-state index contributed by atoms with van der Waals surface area (Å²) in [4.78, 5) is 0. The molecule has 1 atom stereocenters. The van der Waals surface area contributed by atoms with Crippen molar-refractivity contribution in [2.45, 2.75) is 58.9 Å². The smallest absolute Gasteiger partial charge is 0.0468 e. The minimum atomic E-state index is 0.263. The molecule has 1 unspecified atom stereocenters. The lowest BCUT2D eigenvalue weighted by molar-refractivity contribution is 0.217. The van der Waals surface area contributed by atoms with Gasteiger partial charge in [-0.25, -0.2) is 0 Å². The quantitative estimate of drug-likeness (QED) is 0.651. The molecule has 1 fully saturated rings. The maximum Gasteiger partial charge on any atom is 0.0468 e. The van der Waals surface area contributed by atoms with Gasteiger partial charge in [0.25, 0.3) is 0 Å². The third-order valence-corrected chi connectivity index (χ3v) is 5.28. The predicted octanol–water partition coefficient (Wildman–Crippen LogP) is 6.25. The fourth-order valence-corrected chi connectivity index (χ4v) is 4.35. The van der Waals surface area contributed by atoms with Crippen molar-refractivity contribution in [3.63, 3.8) is 0 Å². The van der Waals surface area contributed by atoms with Crippen LogP contribution in [0.25, 0.3) is 0 Å². The topological polar surface area (TPSA) is 12.0 Å². The monoisotopic (exact) mass is 327 g/mol. The highest BCUT2D eigenvalue weighted by molar-refractivity contribution is 6.35. The highest BCUT2D eigenvalue weighted by atomic mass is 35.5. The Kier molecular flexibility index (Phi) is 5.99. The van der Waals surface area contributed by atoms with Gasteiger partial charge in [-0.3, -0.25) is 0 Å². The predicted molar refractivity (Wildman–Crippen MR) is 93.2 cm³/mol. The molecule has 0 heterocycles.